The van der Waals surface area contributed by atoms with Crippen LogP contribution >= 0.6 is 12.2 Å². The normalized spacial score (nSPS) is 17.1. The summed E-state index contributed by atoms with van der Waals surface area (Å²) in [4.78, 5) is 12.8. The highest BCUT2D eigenvalue weighted by Gasteiger charge is 2.30. The standard InChI is InChI=1S/C18H16FN3OS/c1-11-15(17(23)21-14-8-3-2-4-9-14)16(22-18(24)20-11)12-6-5-7-13(19)10-12/h2-10,16H,1H3,(H,21,23)(H2,20,22,24)/t16-/m0/s1. The number of allylic oxidation sites excluding steroid dienone is 1. The second-order valence-corrected chi connectivity index (χ2v) is 5.85. The van der Waals surface area contributed by atoms with Crippen LogP contribution in [0.25, 0.3) is 0 Å². The SMILES string of the molecule is CC1=C(C(=O)Nc2ccccc2)[C@H](c2cccc(F)c2)NC(=S)N1. The molecule has 1 amide bonds. The van der Waals surface area contributed by atoms with Crippen molar-refractivity contribution in [2.24, 2.45) is 0 Å². The Balaban J connectivity index is 1.96. The lowest BCUT2D eigenvalue weighted by molar-refractivity contribution is -0.113. The molecule has 24 heavy (non-hydrogen) atoms. The zero-order valence-electron chi connectivity index (χ0n) is 13.0. The predicted octanol–water partition coefficient (Wildman–Crippen LogP) is 3.26. The molecule has 1 atom stereocenters. The lowest BCUT2D eigenvalue weighted by atomic mass is 9.95. The molecule has 1 heterocycles. The van der Waals surface area contributed by atoms with Gasteiger partial charge in [0.15, 0.2) is 5.11 Å². The number of halogens is 1. The quantitative estimate of drug-likeness (QED) is 0.750. The number of thiocarbonyl (C=S) groups is 1. The van der Waals surface area contributed by atoms with E-state index in [4.69, 9.17) is 12.2 Å². The van der Waals surface area contributed by atoms with Gasteiger partial charge in [-0.15, -0.1) is 0 Å². The first kappa shape index (κ1) is 16.1. The van der Waals surface area contributed by atoms with Crippen LogP contribution < -0.4 is 16.0 Å². The van der Waals surface area contributed by atoms with Gasteiger partial charge in [0.25, 0.3) is 5.91 Å². The number of nitrogens with one attached hydrogen (secondary N) is 3. The molecule has 6 heteroatoms. The minimum absolute atomic E-state index is 0.268. The van der Waals surface area contributed by atoms with Crippen LogP contribution in [-0.2, 0) is 4.79 Å². The number of anilines is 1. The molecular weight excluding hydrogens is 325 g/mol. The fourth-order valence-electron chi connectivity index (χ4n) is 2.65. The van der Waals surface area contributed by atoms with Gasteiger partial charge in [0.05, 0.1) is 11.6 Å². The summed E-state index contributed by atoms with van der Waals surface area (Å²) in [6.45, 7) is 1.78. The first-order valence-corrected chi connectivity index (χ1v) is 7.85. The van der Waals surface area contributed by atoms with Crippen LogP contribution in [0.1, 0.15) is 18.5 Å². The number of hydrogen-bond donors (Lipinski definition) is 3. The maximum Gasteiger partial charge on any atom is 0.255 e. The first-order chi connectivity index (χ1) is 11.5. The van der Waals surface area contributed by atoms with Gasteiger partial charge in [-0.3, -0.25) is 4.79 Å². The Morgan fingerprint density at radius 2 is 1.92 bits per heavy atom. The molecule has 2 aromatic rings. The van der Waals surface area contributed by atoms with E-state index in [2.05, 4.69) is 16.0 Å². The highest BCUT2D eigenvalue weighted by Crippen LogP contribution is 2.28. The molecular formula is C18H16FN3OS. The lowest BCUT2D eigenvalue weighted by Crippen LogP contribution is -2.45. The topological polar surface area (TPSA) is 53.2 Å². The maximum atomic E-state index is 13.6. The van der Waals surface area contributed by atoms with Crippen LogP contribution in [0.5, 0.6) is 0 Å². The van der Waals surface area contributed by atoms with Crippen LogP contribution in [0.2, 0.25) is 0 Å². The molecule has 3 N–H and O–H groups in total. The van der Waals surface area contributed by atoms with Crippen LogP contribution in [0, 0.1) is 5.82 Å². The summed E-state index contributed by atoms with van der Waals surface area (Å²) < 4.78 is 13.6. The summed E-state index contributed by atoms with van der Waals surface area (Å²) in [5, 5.41) is 9.26. The molecule has 1 aliphatic rings. The Morgan fingerprint density at radius 3 is 2.62 bits per heavy atom. The van der Waals surface area contributed by atoms with E-state index in [1.165, 1.54) is 12.1 Å². The Bertz CT molecular complexity index is 820. The highest BCUT2D eigenvalue weighted by molar-refractivity contribution is 7.80. The lowest BCUT2D eigenvalue weighted by Gasteiger charge is -2.30. The van der Waals surface area contributed by atoms with E-state index in [1.807, 2.05) is 18.2 Å². The molecule has 4 nitrogen and oxygen atoms in total. The summed E-state index contributed by atoms with van der Waals surface area (Å²) >= 11 is 5.18. The number of rotatable bonds is 3. The van der Waals surface area contributed by atoms with E-state index in [-0.39, 0.29) is 11.7 Å². The van der Waals surface area contributed by atoms with Crippen molar-refractivity contribution in [2.75, 3.05) is 5.32 Å². The zero-order chi connectivity index (χ0) is 17.1. The van der Waals surface area contributed by atoms with Crippen molar-refractivity contribution in [1.82, 2.24) is 10.6 Å². The summed E-state index contributed by atoms with van der Waals surface area (Å²) in [6.07, 6.45) is 0. The summed E-state index contributed by atoms with van der Waals surface area (Å²) in [6, 6.07) is 14.8. The Kier molecular flexibility index (Phi) is 4.57. The van der Waals surface area contributed by atoms with Gasteiger partial charge in [0, 0.05) is 11.4 Å². The van der Waals surface area contributed by atoms with Crippen LogP contribution in [0.3, 0.4) is 0 Å². The number of carbonyl (C=O) groups excluding carboxylic acids is 1. The van der Waals surface area contributed by atoms with Crippen molar-refractivity contribution in [3.8, 4) is 0 Å². The van der Waals surface area contributed by atoms with E-state index < -0.39 is 6.04 Å². The minimum Gasteiger partial charge on any atom is -0.351 e. The fourth-order valence-corrected chi connectivity index (χ4v) is 2.92. The van der Waals surface area contributed by atoms with Crippen molar-refractivity contribution in [3.05, 3.63) is 77.2 Å². The van der Waals surface area contributed by atoms with Crippen LogP contribution in [0.4, 0.5) is 10.1 Å². The van der Waals surface area contributed by atoms with E-state index >= 15 is 0 Å². The number of benzene rings is 2. The first-order valence-electron chi connectivity index (χ1n) is 7.45. The van der Waals surface area contributed by atoms with Crippen molar-refractivity contribution < 1.29 is 9.18 Å². The molecule has 0 fully saturated rings. The average molecular weight is 341 g/mol. The van der Waals surface area contributed by atoms with Crippen molar-refractivity contribution >= 4 is 28.9 Å². The Labute approximate surface area is 144 Å². The third-order valence-electron chi connectivity index (χ3n) is 3.73. The number of carbonyl (C=O) groups is 1. The molecule has 0 aromatic heterocycles. The molecule has 122 valence electrons. The smallest absolute Gasteiger partial charge is 0.255 e. The molecule has 0 spiro atoms. The van der Waals surface area contributed by atoms with E-state index in [9.17, 15) is 9.18 Å². The summed E-state index contributed by atoms with van der Waals surface area (Å²) in [7, 11) is 0. The van der Waals surface area contributed by atoms with Gasteiger partial charge >= 0.3 is 0 Å². The van der Waals surface area contributed by atoms with Crippen molar-refractivity contribution in [3.63, 3.8) is 0 Å². The molecule has 3 rings (SSSR count). The highest BCUT2D eigenvalue weighted by atomic mass is 32.1. The largest absolute Gasteiger partial charge is 0.351 e. The summed E-state index contributed by atoms with van der Waals surface area (Å²) in [5.41, 5.74) is 2.44. The van der Waals surface area contributed by atoms with Gasteiger partial charge in [-0.1, -0.05) is 30.3 Å². The van der Waals surface area contributed by atoms with Gasteiger partial charge in [-0.25, -0.2) is 4.39 Å². The van der Waals surface area contributed by atoms with Gasteiger partial charge in [0.1, 0.15) is 5.82 Å². The van der Waals surface area contributed by atoms with E-state index in [0.29, 0.717) is 27.6 Å². The molecule has 0 saturated carbocycles. The Morgan fingerprint density at radius 1 is 1.17 bits per heavy atom. The number of para-hydroxylation sites is 1. The minimum atomic E-state index is -0.516. The van der Waals surface area contributed by atoms with Crippen LogP contribution in [0.15, 0.2) is 65.9 Å². The van der Waals surface area contributed by atoms with Gasteiger partial charge < -0.3 is 16.0 Å². The summed E-state index contributed by atoms with van der Waals surface area (Å²) in [5.74, 6) is -0.630. The molecule has 0 aliphatic carbocycles. The molecule has 0 radical (unpaired) electrons. The van der Waals surface area contributed by atoms with Crippen LogP contribution in [-0.4, -0.2) is 11.0 Å². The maximum absolute atomic E-state index is 13.6. The molecule has 0 saturated heterocycles. The van der Waals surface area contributed by atoms with Crippen molar-refractivity contribution in [2.45, 2.75) is 13.0 Å². The Hall–Kier alpha value is -2.73. The second-order valence-electron chi connectivity index (χ2n) is 5.45. The number of hydrogen-bond acceptors (Lipinski definition) is 2. The van der Waals surface area contributed by atoms with Gasteiger partial charge in [-0.05, 0) is 49.0 Å². The predicted molar refractivity (Wildman–Crippen MR) is 95.8 cm³/mol. The third-order valence-corrected chi connectivity index (χ3v) is 3.95. The van der Waals surface area contributed by atoms with Crippen molar-refractivity contribution in [1.29, 1.82) is 0 Å². The molecule has 0 bridgehead atoms. The van der Waals surface area contributed by atoms with E-state index in [1.54, 1.807) is 31.2 Å². The van der Waals surface area contributed by atoms with Gasteiger partial charge in [0.2, 0.25) is 0 Å². The third kappa shape index (κ3) is 3.44. The zero-order valence-corrected chi connectivity index (χ0v) is 13.8. The van der Waals surface area contributed by atoms with Gasteiger partial charge in [-0.2, -0.15) is 0 Å². The van der Waals surface area contributed by atoms with E-state index in [0.717, 1.165) is 0 Å². The second kappa shape index (κ2) is 6.80. The fraction of sp³-hybridized carbons (Fsp3) is 0.111. The average Bonchev–Trinajstić information content (AvgIpc) is 2.55. The molecule has 2 aromatic carbocycles. The monoisotopic (exact) mass is 341 g/mol. The molecule has 1 aliphatic heterocycles. The molecule has 0 unspecified atom stereocenters. The number of amides is 1.